The number of aliphatic carboxylic acids is 1. The van der Waals surface area contributed by atoms with Crippen LogP contribution in [0, 0.1) is 0 Å². The minimum absolute atomic E-state index is 0.209. The van der Waals surface area contributed by atoms with Gasteiger partial charge < -0.3 is 10.2 Å². The quantitative estimate of drug-likeness (QED) is 0.805. The molecule has 0 radical (unpaired) electrons. The molecule has 0 saturated heterocycles. The Balaban J connectivity index is 3.51. The molecule has 0 saturated carbocycles. The van der Waals surface area contributed by atoms with Crippen LogP contribution in [-0.4, -0.2) is 16.2 Å². The van der Waals surface area contributed by atoms with Crippen LogP contribution in [0.5, 0.6) is 5.75 Å². The maximum atomic E-state index is 11.2. The van der Waals surface area contributed by atoms with E-state index >= 15 is 0 Å². The van der Waals surface area contributed by atoms with Crippen LogP contribution in [0.25, 0.3) is 0 Å². The van der Waals surface area contributed by atoms with Gasteiger partial charge in [-0.25, -0.2) is 4.79 Å². The lowest BCUT2D eigenvalue weighted by Gasteiger charge is -2.28. The van der Waals surface area contributed by atoms with Gasteiger partial charge in [0.2, 0.25) is 0 Å². The SMILES string of the molecule is CC=C(Cc1cc(C(C)(C)C)c(O)c(C(C)(C)C)c1)C(=O)O. The highest BCUT2D eigenvalue weighted by Gasteiger charge is 2.26. The number of allylic oxidation sites excluding steroid dienone is 1. The molecule has 0 unspecified atom stereocenters. The van der Waals surface area contributed by atoms with Gasteiger partial charge in [0.25, 0.3) is 0 Å². The summed E-state index contributed by atoms with van der Waals surface area (Å²) in [7, 11) is 0. The van der Waals surface area contributed by atoms with Crippen LogP contribution in [0.3, 0.4) is 0 Å². The second-order valence-electron chi connectivity index (χ2n) is 7.84. The zero-order chi connectivity index (χ0) is 17.3. The fourth-order valence-corrected chi connectivity index (χ4v) is 2.46. The fourth-order valence-electron chi connectivity index (χ4n) is 2.46. The Morgan fingerprint density at radius 2 is 1.45 bits per heavy atom. The van der Waals surface area contributed by atoms with Gasteiger partial charge in [-0.1, -0.05) is 59.8 Å². The van der Waals surface area contributed by atoms with Gasteiger partial charge in [0.05, 0.1) is 0 Å². The Morgan fingerprint density at radius 1 is 1.05 bits per heavy atom. The molecule has 0 spiro atoms. The highest BCUT2D eigenvalue weighted by Crippen LogP contribution is 2.40. The molecular weight excluding hydrogens is 276 g/mol. The Labute approximate surface area is 133 Å². The number of phenols is 1. The first-order chi connectivity index (χ1) is 9.87. The van der Waals surface area contributed by atoms with Crippen LogP contribution in [0.2, 0.25) is 0 Å². The molecule has 122 valence electrons. The van der Waals surface area contributed by atoms with E-state index in [1.165, 1.54) is 0 Å². The smallest absolute Gasteiger partial charge is 0.331 e. The summed E-state index contributed by atoms with van der Waals surface area (Å²) in [6.07, 6.45) is 1.99. The molecular formula is C19H28O3. The van der Waals surface area contributed by atoms with E-state index in [4.69, 9.17) is 0 Å². The number of benzene rings is 1. The first-order valence-corrected chi connectivity index (χ1v) is 7.63. The summed E-state index contributed by atoms with van der Waals surface area (Å²) >= 11 is 0. The fraction of sp³-hybridized carbons (Fsp3) is 0.526. The first kappa shape index (κ1) is 18.3. The van der Waals surface area contributed by atoms with Crippen molar-refractivity contribution in [3.8, 4) is 5.75 Å². The molecule has 0 heterocycles. The molecule has 0 aliphatic heterocycles. The summed E-state index contributed by atoms with van der Waals surface area (Å²) < 4.78 is 0. The lowest BCUT2D eigenvalue weighted by molar-refractivity contribution is -0.132. The average Bonchev–Trinajstić information content (AvgIpc) is 2.34. The molecule has 1 aromatic carbocycles. The van der Waals surface area contributed by atoms with Crippen molar-refractivity contribution in [2.45, 2.75) is 65.7 Å². The monoisotopic (exact) mass is 304 g/mol. The van der Waals surface area contributed by atoms with Gasteiger partial charge in [-0.3, -0.25) is 0 Å². The van der Waals surface area contributed by atoms with Crippen molar-refractivity contribution >= 4 is 5.97 Å². The van der Waals surface area contributed by atoms with E-state index in [-0.39, 0.29) is 10.8 Å². The van der Waals surface area contributed by atoms with Crippen molar-refractivity contribution in [1.82, 2.24) is 0 Å². The number of aromatic hydroxyl groups is 1. The Morgan fingerprint density at radius 3 is 1.73 bits per heavy atom. The van der Waals surface area contributed by atoms with E-state index in [9.17, 15) is 15.0 Å². The van der Waals surface area contributed by atoms with Gasteiger partial charge in [-0.2, -0.15) is 0 Å². The zero-order valence-electron chi connectivity index (χ0n) is 14.7. The molecule has 2 N–H and O–H groups in total. The van der Waals surface area contributed by atoms with E-state index in [0.717, 1.165) is 16.7 Å². The first-order valence-electron chi connectivity index (χ1n) is 7.63. The summed E-state index contributed by atoms with van der Waals surface area (Å²) in [5.41, 5.74) is 2.58. The Hall–Kier alpha value is -1.77. The van der Waals surface area contributed by atoms with Crippen LogP contribution < -0.4 is 0 Å². The summed E-state index contributed by atoms with van der Waals surface area (Å²) in [5, 5.41) is 19.9. The lowest BCUT2D eigenvalue weighted by atomic mass is 9.78. The molecule has 0 atom stereocenters. The normalized spacial score (nSPS) is 13.3. The molecule has 1 rings (SSSR count). The van der Waals surface area contributed by atoms with Crippen molar-refractivity contribution in [3.05, 3.63) is 40.5 Å². The van der Waals surface area contributed by atoms with E-state index in [1.807, 2.05) is 53.7 Å². The molecule has 1 aromatic rings. The average molecular weight is 304 g/mol. The zero-order valence-corrected chi connectivity index (χ0v) is 14.7. The summed E-state index contributed by atoms with van der Waals surface area (Å²) in [6.45, 7) is 14.0. The lowest BCUT2D eigenvalue weighted by Crippen LogP contribution is -2.18. The van der Waals surface area contributed by atoms with Crippen LogP contribution >= 0.6 is 0 Å². The van der Waals surface area contributed by atoms with Crippen molar-refractivity contribution in [2.24, 2.45) is 0 Å². The summed E-state index contributed by atoms with van der Waals surface area (Å²) in [4.78, 5) is 11.2. The predicted molar refractivity (Wildman–Crippen MR) is 90.6 cm³/mol. The highest BCUT2D eigenvalue weighted by atomic mass is 16.4. The van der Waals surface area contributed by atoms with E-state index in [2.05, 4.69) is 0 Å². The molecule has 0 amide bonds. The standard InChI is InChI=1S/C19H28O3/c1-8-13(17(21)22)9-12-10-14(18(2,3)4)16(20)15(11-12)19(5,6)7/h8,10-11,20H,9H2,1-7H3,(H,21,22). The third kappa shape index (κ3) is 4.12. The van der Waals surface area contributed by atoms with Crippen molar-refractivity contribution < 1.29 is 15.0 Å². The van der Waals surface area contributed by atoms with E-state index in [0.29, 0.717) is 17.7 Å². The van der Waals surface area contributed by atoms with Crippen LogP contribution in [0.1, 0.15) is 65.2 Å². The van der Waals surface area contributed by atoms with Gasteiger partial charge in [0.15, 0.2) is 0 Å². The van der Waals surface area contributed by atoms with Gasteiger partial charge in [-0.15, -0.1) is 0 Å². The van der Waals surface area contributed by atoms with Crippen LogP contribution in [0.4, 0.5) is 0 Å². The van der Waals surface area contributed by atoms with Gasteiger partial charge in [-0.05, 0) is 34.4 Å². The number of hydrogen-bond donors (Lipinski definition) is 2. The summed E-state index contributed by atoms with van der Waals surface area (Å²) in [5.74, 6) is -0.578. The van der Waals surface area contributed by atoms with Crippen molar-refractivity contribution in [3.63, 3.8) is 0 Å². The Bertz CT molecular complexity index is 561. The minimum Gasteiger partial charge on any atom is -0.507 e. The Kier molecular flexibility index (Phi) is 5.11. The van der Waals surface area contributed by atoms with Crippen LogP contribution in [0.15, 0.2) is 23.8 Å². The topological polar surface area (TPSA) is 57.5 Å². The molecule has 0 aliphatic rings. The highest BCUT2D eigenvalue weighted by molar-refractivity contribution is 5.87. The molecule has 0 aromatic heterocycles. The number of rotatable bonds is 3. The predicted octanol–water partition coefficient (Wildman–Crippen LogP) is 4.56. The molecule has 0 fully saturated rings. The van der Waals surface area contributed by atoms with Gasteiger partial charge in [0, 0.05) is 12.0 Å². The minimum atomic E-state index is -0.898. The van der Waals surface area contributed by atoms with Crippen LogP contribution in [-0.2, 0) is 22.0 Å². The van der Waals surface area contributed by atoms with E-state index in [1.54, 1.807) is 13.0 Å². The third-order valence-corrected chi connectivity index (χ3v) is 3.80. The maximum absolute atomic E-state index is 11.2. The largest absolute Gasteiger partial charge is 0.507 e. The van der Waals surface area contributed by atoms with Crippen molar-refractivity contribution in [2.75, 3.05) is 0 Å². The van der Waals surface area contributed by atoms with E-state index < -0.39 is 5.97 Å². The molecule has 0 aliphatic carbocycles. The number of carboxylic acid groups (broad SMARTS) is 1. The third-order valence-electron chi connectivity index (χ3n) is 3.80. The van der Waals surface area contributed by atoms with Crippen molar-refractivity contribution in [1.29, 1.82) is 0 Å². The number of hydrogen-bond acceptors (Lipinski definition) is 2. The summed E-state index contributed by atoms with van der Waals surface area (Å²) in [6, 6.07) is 3.86. The van der Waals surface area contributed by atoms with Gasteiger partial charge in [0.1, 0.15) is 5.75 Å². The number of phenolic OH excluding ortho intramolecular Hbond substituents is 1. The maximum Gasteiger partial charge on any atom is 0.331 e. The molecule has 0 bridgehead atoms. The second kappa shape index (κ2) is 6.15. The van der Waals surface area contributed by atoms with Gasteiger partial charge >= 0.3 is 5.97 Å². The molecule has 3 nitrogen and oxygen atoms in total. The second-order valence-corrected chi connectivity index (χ2v) is 7.84. The molecule has 22 heavy (non-hydrogen) atoms. The number of carbonyl (C=O) groups is 1. The number of carboxylic acids is 1. The molecule has 3 heteroatoms.